The Morgan fingerprint density at radius 2 is 1.85 bits per heavy atom. The first kappa shape index (κ1) is 25.6. The van der Waals surface area contributed by atoms with Gasteiger partial charge in [-0.2, -0.15) is 22.0 Å². The number of primary amides is 1. The highest BCUT2D eigenvalue weighted by molar-refractivity contribution is 9.10. The van der Waals surface area contributed by atoms with Crippen LogP contribution in [-0.4, -0.2) is 22.8 Å². The highest BCUT2D eigenvalue weighted by Gasteiger charge is 2.45. The van der Waals surface area contributed by atoms with Gasteiger partial charge in [-0.15, -0.1) is 11.3 Å². The molecule has 6 nitrogen and oxygen atoms in total. The largest absolute Gasteiger partial charge is 0.497 e. The average Bonchev–Trinajstić information content (AvgIpc) is 3.08. The summed E-state index contributed by atoms with van der Waals surface area (Å²) in [4.78, 5) is 29.2. The van der Waals surface area contributed by atoms with E-state index in [9.17, 15) is 26.7 Å². The van der Waals surface area contributed by atoms with Crippen LogP contribution in [0, 0.1) is 0 Å². The molecular weight excluding hydrogens is 560 g/mol. The van der Waals surface area contributed by atoms with Gasteiger partial charge in [-0.1, -0.05) is 6.07 Å². The number of carbonyl (C=O) groups excluding carboxylic acids is 1. The molecule has 3 rings (SSSR count). The first-order valence-electron chi connectivity index (χ1n) is 8.76. The zero-order chi connectivity index (χ0) is 24.7. The Morgan fingerprint density at radius 3 is 2.39 bits per heavy atom. The maximum Gasteiger partial charge on any atom is 0.416 e. The van der Waals surface area contributed by atoms with E-state index in [0.29, 0.717) is 11.3 Å². The molecule has 14 heteroatoms. The molecule has 0 saturated carbocycles. The Morgan fingerprint density at radius 1 is 1.18 bits per heavy atom. The number of fused-ring (bicyclic) bond motifs is 1. The summed E-state index contributed by atoms with van der Waals surface area (Å²) in [6.07, 6.45) is -4.72. The highest BCUT2D eigenvalue weighted by Crippen LogP contribution is 2.58. The molecule has 3 aromatic rings. The maximum absolute atomic E-state index is 14.3. The second kappa shape index (κ2) is 9.30. The van der Waals surface area contributed by atoms with E-state index in [1.165, 1.54) is 19.2 Å². The van der Waals surface area contributed by atoms with Crippen LogP contribution in [0.2, 0.25) is 0 Å². The molecule has 0 radical (unpaired) electrons. The van der Waals surface area contributed by atoms with Crippen molar-refractivity contribution in [3.8, 4) is 11.5 Å². The topological polar surface area (TPSA) is 102 Å². The van der Waals surface area contributed by atoms with Crippen molar-refractivity contribution in [1.82, 2.24) is 0 Å². The van der Waals surface area contributed by atoms with Gasteiger partial charge in [-0.05, 0) is 40.2 Å². The van der Waals surface area contributed by atoms with Gasteiger partial charge in [0.25, 0.3) is 0 Å². The van der Waals surface area contributed by atoms with E-state index in [2.05, 4.69) is 15.9 Å². The van der Waals surface area contributed by atoms with Crippen LogP contribution in [0.3, 0.4) is 0 Å². The predicted molar refractivity (Wildman–Crippen MR) is 116 cm³/mol. The number of methoxy groups -OCH3 is 1. The predicted octanol–water partition coefficient (Wildman–Crippen LogP) is 5.71. The lowest BCUT2D eigenvalue weighted by molar-refractivity contribution is -0.138. The summed E-state index contributed by atoms with van der Waals surface area (Å²) in [7, 11) is -2.48. The number of benzene rings is 2. The van der Waals surface area contributed by atoms with Crippen LogP contribution in [-0.2, 0) is 18.4 Å². The summed E-state index contributed by atoms with van der Waals surface area (Å²) in [6.45, 7) is -0.621. The lowest BCUT2D eigenvalue weighted by Crippen LogP contribution is -2.12. The minimum atomic E-state index is -4.72. The summed E-state index contributed by atoms with van der Waals surface area (Å²) in [5, 5.41) is 0.0450. The molecule has 178 valence electrons. The highest BCUT2D eigenvalue weighted by atomic mass is 79.9. The van der Waals surface area contributed by atoms with Crippen LogP contribution < -0.4 is 15.2 Å². The first-order chi connectivity index (χ1) is 15.3. The normalized spacial score (nSPS) is 12.4. The van der Waals surface area contributed by atoms with Gasteiger partial charge in [-0.3, -0.25) is 4.79 Å². The molecule has 0 saturated heterocycles. The number of thiophene rings is 1. The Labute approximate surface area is 196 Å². The summed E-state index contributed by atoms with van der Waals surface area (Å²) >= 11 is 3.41. The van der Waals surface area contributed by atoms with E-state index < -0.39 is 43.2 Å². The second-order valence-corrected chi connectivity index (χ2v) is 9.55. The van der Waals surface area contributed by atoms with Crippen molar-refractivity contribution in [2.75, 3.05) is 7.11 Å². The molecule has 0 aliphatic heterocycles. The molecule has 4 N–H and O–H groups in total. The molecule has 0 fully saturated rings. The van der Waals surface area contributed by atoms with Crippen molar-refractivity contribution in [2.45, 2.75) is 18.4 Å². The molecule has 2 aromatic carbocycles. The van der Waals surface area contributed by atoms with E-state index in [0.717, 1.165) is 18.2 Å². The van der Waals surface area contributed by atoms with Crippen LogP contribution in [0.4, 0.5) is 22.0 Å². The number of rotatable bonds is 7. The van der Waals surface area contributed by atoms with Crippen LogP contribution in [0.15, 0.2) is 34.8 Å². The standard InChI is InChI=1S/C19H14BrF5NO5PS/c1-30-10-3-2-8(12(6-10)18(21,22)23)7-31-13-5-9(17(26)27)4-11-14(20)16(33-15(11)13)19(24,25)32(28)29/h2-6,28-29H,7H2,1H3,(H2,26,27). The SMILES string of the molecule is COc1ccc(COc2cc(C(N)=O)cc3c(Br)c(C(F)(F)P(O)O)sc23)c(C(F)(F)F)c1. The monoisotopic (exact) mass is 573 g/mol. The molecule has 1 amide bonds. The molecule has 0 unspecified atom stereocenters. The number of carbonyl (C=O) groups is 1. The van der Waals surface area contributed by atoms with Crippen molar-refractivity contribution in [3.05, 3.63) is 56.4 Å². The molecule has 0 atom stereocenters. The number of hydrogen-bond acceptors (Lipinski definition) is 6. The third-order valence-corrected chi connectivity index (χ3v) is 7.76. The summed E-state index contributed by atoms with van der Waals surface area (Å²) in [6, 6.07) is 5.54. The zero-order valence-electron chi connectivity index (χ0n) is 16.4. The van der Waals surface area contributed by atoms with Crippen LogP contribution >= 0.6 is 35.6 Å². The Hall–Kier alpha value is -2.05. The fourth-order valence-electron chi connectivity index (χ4n) is 2.90. The minimum Gasteiger partial charge on any atom is -0.497 e. The zero-order valence-corrected chi connectivity index (χ0v) is 19.7. The number of alkyl halides is 5. The van der Waals surface area contributed by atoms with Gasteiger partial charge in [0.1, 0.15) is 18.1 Å². The van der Waals surface area contributed by atoms with Crippen molar-refractivity contribution in [1.29, 1.82) is 0 Å². The Kier molecular flexibility index (Phi) is 7.21. The summed E-state index contributed by atoms with van der Waals surface area (Å²) in [5.41, 5.74) is -0.154. The van der Waals surface area contributed by atoms with Crippen LogP contribution in [0.5, 0.6) is 11.5 Å². The van der Waals surface area contributed by atoms with Gasteiger partial charge in [-0.25, -0.2) is 0 Å². The third-order valence-electron chi connectivity index (χ3n) is 4.51. The fraction of sp³-hybridized carbons (Fsp3) is 0.211. The van der Waals surface area contributed by atoms with Gasteiger partial charge in [0.15, 0.2) is 0 Å². The van der Waals surface area contributed by atoms with Crippen molar-refractivity contribution < 1.29 is 46.0 Å². The van der Waals surface area contributed by atoms with Gasteiger partial charge >= 0.3 is 11.8 Å². The fourth-order valence-corrected chi connectivity index (χ4v) is 5.68. The molecule has 1 heterocycles. The van der Waals surface area contributed by atoms with E-state index >= 15 is 0 Å². The number of amides is 1. The van der Waals surface area contributed by atoms with E-state index in [1.807, 2.05) is 0 Å². The van der Waals surface area contributed by atoms with Gasteiger partial charge in [0.05, 0.1) is 22.3 Å². The molecule has 0 bridgehead atoms. The summed E-state index contributed by atoms with van der Waals surface area (Å²) in [5.74, 6) is -1.14. The lowest BCUT2D eigenvalue weighted by Gasteiger charge is -2.16. The number of nitrogens with two attached hydrogens (primary N) is 1. The molecular formula is C19H14BrF5NO5PS. The lowest BCUT2D eigenvalue weighted by atomic mass is 10.1. The van der Waals surface area contributed by atoms with Crippen LogP contribution in [0.1, 0.15) is 26.4 Å². The first-order valence-corrected chi connectivity index (χ1v) is 11.6. The average molecular weight is 574 g/mol. The van der Waals surface area contributed by atoms with Crippen LogP contribution in [0.25, 0.3) is 10.1 Å². The molecule has 0 aliphatic carbocycles. The second-order valence-electron chi connectivity index (χ2n) is 6.60. The van der Waals surface area contributed by atoms with Crippen molar-refractivity contribution >= 4 is 51.6 Å². The maximum atomic E-state index is 14.3. The molecule has 1 aromatic heterocycles. The Bertz CT molecular complexity index is 1220. The molecule has 0 spiro atoms. The van der Waals surface area contributed by atoms with E-state index in [1.54, 1.807) is 0 Å². The minimum absolute atomic E-state index is 0.0252. The van der Waals surface area contributed by atoms with Gasteiger partial charge in [0.2, 0.25) is 14.3 Å². The quantitative estimate of drug-likeness (QED) is 0.248. The van der Waals surface area contributed by atoms with Gasteiger partial charge in [0, 0.05) is 21.0 Å². The summed E-state index contributed by atoms with van der Waals surface area (Å²) < 4.78 is 79.2. The number of ether oxygens (including phenoxy) is 2. The van der Waals surface area contributed by atoms with Crippen molar-refractivity contribution in [2.24, 2.45) is 5.73 Å². The molecule has 0 aliphatic rings. The van der Waals surface area contributed by atoms with E-state index in [-0.39, 0.29) is 37.2 Å². The molecule has 33 heavy (non-hydrogen) atoms. The number of hydrogen-bond donors (Lipinski definition) is 3. The van der Waals surface area contributed by atoms with E-state index in [4.69, 9.17) is 25.0 Å². The van der Waals surface area contributed by atoms with Gasteiger partial charge < -0.3 is 25.0 Å². The number of halogens is 6. The Balaban J connectivity index is 2.11. The van der Waals surface area contributed by atoms with Crippen molar-refractivity contribution in [3.63, 3.8) is 0 Å². The smallest absolute Gasteiger partial charge is 0.416 e. The third kappa shape index (κ3) is 5.07.